The normalized spacial score (nSPS) is 11.1. The van der Waals surface area contributed by atoms with E-state index < -0.39 is 0 Å². The molecule has 0 amide bonds. The Morgan fingerprint density at radius 3 is 2.53 bits per heavy atom. The molecule has 0 bridgehead atoms. The first-order valence-electron chi connectivity index (χ1n) is 5.60. The molecule has 0 saturated carbocycles. The smallest absolute Gasteiger partial charge is 0.177 e. The number of imidazole rings is 1. The molecule has 0 fully saturated rings. The number of nitrogens with zero attached hydrogens (tertiary/aromatic N) is 1. The van der Waals surface area contributed by atoms with E-state index >= 15 is 0 Å². The van der Waals surface area contributed by atoms with E-state index in [4.69, 9.17) is 12.2 Å². The van der Waals surface area contributed by atoms with Crippen LogP contribution in [0.25, 0.3) is 0 Å². The van der Waals surface area contributed by atoms with Crippen LogP contribution in [0.4, 0.5) is 4.39 Å². The zero-order valence-corrected chi connectivity index (χ0v) is 10.7. The monoisotopic (exact) mass is 250 g/mol. The Balaban J connectivity index is 2.32. The minimum Gasteiger partial charge on any atom is -0.337 e. The fourth-order valence-electron chi connectivity index (χ4n) is 1.82. The quantitative estimate of drug-likeness (QED) is 0.820. The average molecular weight is 250 g/mol. The molecule has 0 spiro atoms. The van der Waals surface area contributed by atoms with Gasteiger partial charge >= 0.3 is 0 Å². The summed E-state index contributed by atoms with van der Waals surface area (Å²) in [5, 5.41) is 0. The molecule has 1 N–H and O–H groups in total. The second-order valence-corrected chi connectivity index (χ2v) is 4.77. The molecule has 4 heteroatoms. The van der Waals surface area contributed by atoms with Gasteiger partial charge in [0.05, 0.1) is 6.54 Å². The molecule has 0 unspecified atom stereocenters. The molecule has 2 rings (SSSR count). The third-order valence-electron chi connectivity index (χ3n) is 2.75. The van der Waals surface area contributed by atoms with Crippen molar-refractivity contribution in [2.45, 2.75) is 26.3 Å². The highest BCUT2D eigenvalue weighted by molar-refractivity contribution is 7.71. The summed E-state index contributed by atoms with van der Waals surface area (Å²) in [6, 6.07) is 6.52. The van der Waals surface area contributed by atoms with E-state index in [0.29, 0.717) is 17.2 Å². The maximum atomic E-state index is 12.8. The molecule has 0 radical (unpaired) electrons. The van der Waals surface area contributed by atoms with Crippen molar-refractivity contribution in [1.82, 2.24) is 9.55 Å². The van der Waals surface area contributed by atoms with Crippen molar-refractivity contribution >= 4 is 12.2 Å². The summed E-state index contributed by atoms with van der Waals surface area (Å²) < 4.78 is 15.6. The van der Waals surface area contributed by atoms with E-state index in [1.54, 1.807) is 12.1 Å². The molecule has 17 heavy (non-hydrogen) atoms. The summed E-state index contributed by atoms with van der Waals surface area (Å²) in [4.78, 5) is 3.05. The third-order valence-corrected chi connectivity index (χ3v) is 3.08. The van der Waals surface area contributed by atoms with Crippen LogP contribution in [0.15, 0.2) is 30.5 Å². The summed E-state index contributed by atoms with van der Waals surface area (Å²) in [5.41, 5.74) is 2.21. The molecular formula is C13H15FN2S. The van der Waals surface area contributed by atoms with Gasteiger partial charge in [0.25, 0.3) is 0 Å². The number of aromatic nitrogens is 2. The van der Waals surface area contributed by atoms with Crippen LogP contribution in [-0.2, 0) is 6.54 Å². The van der Waals surface area contributed by atoms with E-state index in [-0.39, 0.29) is 5.82 Å². The lowest BCUT2D eigenvalue weighted by Crippen LogP contribution is -2.05. The maximum absolute atomic E-state index is 12.8. The fraction of sp³-hybridized carbons (Fsp3) is 0.308. The number of hydrogen-bond acceptors (Lipinski definition) is 1. The molecule has 0 aliphatic heterocycles. The first kappa shape index (κ1) is 12.0. The Labute approximate surface area is 105 Å². The minimum absolute atomic E-state index is 0.213. The summed E-state index contributed by atoms with van der Waals surface area (Å²) in [6.07, 6.45) is 1.94. The van der Waals surface area contributed by atoms with E-state index in [1.165, 1.54) is 17.8 Å². The lowest BCUT2D eigenvalue weighted by molar-refractivity contribution is 0.625. The second-order valence-electron chi connectivity index (χ2n) is 4.39. The topological polar surface area (TPSA) is 20.7 Å². The van der Waals surface area contributed by atoms with Crippen molar-refractivity contribution in [2.24, 2.45) is 0 Å². The molecule has 0 aliphatic carbocycles. The molecule has 0 aliphatic rings. The van der Waals surface area contributed by atoms with Crippen LogP contribution in [0.2, 0.25) is 0 Å². The van der Waals surface area contributed by atoms with E-state index in [0.717, 1.165) is 5.56 Å². The van der Waals surface area contributed by atoms with E-state index in [2.05, 4.69) is 18.8 Å². The summed E-state index contributed by atoms with van der Waals surface area (Å²) in [6.45, 7) is 4.92. The Kier molecular flexibility index (Phi) is 3.43. The van der Waals surface area contributed by atoms with Crippen LogP contribution in [0.5, 0.6) is 0 Å². The summed E-state index contributed by atoms with van der Waals surface area (Å²) in [5.74, 6) is 0.193. The number of nitrogens with one attached hydrogen (secondary N) is 1. The number of hydrogen-bond donors (Lipinski definition) is 1. The summed E-state index contributed by atoms with van der Waals surface area (Å²) >= 11 is 5.25. The van der Waals surface area contributed by atoms with E-state index in [1.807, 2.05) is 10.8 Å². The predicted octanol–water partition coefficient (Wildman–Crippen LogP) is 3.86. The van der Waals surface area contributed by atoms with Gasteiger partial charge < -0.3 is 9.55 Å². The summed E-state index contributed by atoms with van der Waals surface area (Å²) in [7, 11) is 0. The first-order chi connectivity index (χ1) is 8.08. The molecule has 0 saturated heterocycles. The van der Waals surface area contributed by atoms with Crippen molar-refractivity contribution in [1.29, 1.82) is 0 Å². The van der Waals surface area contributed by atoms with E-state index in [9.17, 15) is 4.39 Å². The van der Waals surface area contributed by atoms with Gasteiger partial charge in [-0.15, -0.1) is 0 Å². The van der Waals surface area contributed by atoms with Crippen LogP contribution in [-0.4, -0.2) is 9.55 Å². The van der Waals surface area contributed by atoms with Gasteiger partial charge in [-0.2, -0.15) is 0 Å². The highest BCUT2D eigenvalue weighted by Gasteiger charge is 2.08. The average Bonchev–Trinajstić information content (AvgIpc) is 2.64. The van der Waals surface area contributed by atoms with Gasteiger partial charge in [0.1, 0.15) is 5.82 Å². The Hall–Kier alpha value is -1.42. The largest absolute Gasteiger partial charge is 0.337 e. The van der Waals surface area contributed by atoms with Crippen molar-refractivity contribution in [3.05, 3.63) is 52.3 Å². The fourth-order valence-corrected chi connectivity index (χ4v) is 2.05. The molecule has 1 aromatic carbocycles. The number of H-pyrrole nitrogens is 1. The zero-order chi connectivity index (χ0) is 12.4. The Morgan fingerprint density at radius 2 is 1.94 bits per heavy atom. The number of benzene rings is 1. The number of halogens is 1. The molecule has 2 nitrogen and oxygen atoms in total. The van der Waals surface area contributed by atoms with Gasteiger partial charge in [-0.05, 0) is 35.8 Å². The van der Waals surface area contributed by atoms with Crippen molar-refractivity contribution in [2.75, 3.05) is 0 Å². The van der Waals surface area contributed by atoms with Crippen LogP contribution < -0.4 is 0 Å². The van der Waals surface area contributed by atoms with Crippen LogP contribution in [0.1, 0.15) is 31.0 Å². The molecule has 1 heterocycles. The van der Waals surface area contributed by atoms with Crippen LogP contribution >= 0.6 is 12.2 Å². The first-order valence-corrected chi connectivity index (χ1v) is 6.01. The number of aromatic amines is 1. The minimum atomic E-state index is -0.213. The Bertz CT molecular complexity index is 552. The van der Waals surface area contributed by atoms with Gasteiger partial charge in [0, 0.05) is 11.9 Å². The van der Waals surface area contributed by atoms with Gasteiger partial charge in [0.15, 0.2) is 4.77 Å². The van der Waals surface area contributed by atoms with Crippen LogP contribution in [0, 0.1) is 10.6 Å². The second kappa shape index (κ2) is 4.84. The lowest BCUT2D eigenvalue weighted by Gasteiger charge is -2.10. The van der Waals surface area contributed by atoms with Crippen molar-refractivity contribution in [3.8, 4) is 0 Å². The highest BCUT2D eigenvalue weighted by atomic mass is 32.1. The van der Waals surface area contributed by atoms with Crippen molar-refractivity contribution < 1.29 is 4.39 Å². The maximum Gasteiger partial charge on any atom is 0.177 e. The molecule has 0 atom stereocenters. The van der Waals surface area contributed by atoms with Gasteiger partial charge in [-0.3, -0.25) is 0 Å². The van der Waals surface area contributed by atoms with Crippen LogP contribution in [0.3, 0.4) is 0 Å². The number of rotatable bonds is 3. The molecule has 90 valence electrons. The standard InChI is InChI=1S/C13H15FN2S/c1-9(2)12-7-15-13(17)16(12)8-10-3-5-11(14)6-4-10/h3-7,9H,8H2,1-2H3,(H,15,17). The SMILES string of the molecule is CC(C)c1c[nH]c(=S)n1Cc1ccc(F)cc1. The lowest BCUT2D eigenvalue weighted by atomic mass is 10.1. The Morgan fingerprint density at radius 1 is 1.29 bits per heavy atom. The van der Waals surface area contributed by atoms with Gasteiger partial charge in [-0.1, -0.05) is 26.0 Å². The zero-order valence-electron chi connectivity index (χ0n) is 9.90. The molecule has 2 aromatic rings. The van der Waals surface area contributed by atoms with Gasteiger partial charge in [0.2, 0.25) is 0 Å². The highest BCUT2D eigenvalue weighted by Crippen LogP contribution is 2.16. The van der Waals surface area contributed by atoms with Gasteiger partial charge in [-0.25, -0.2) is 4.39 Å². The third kappa shape index (κ3) is 2.64. The predicted molar refractivity (Wildman–Crippen MR) is 69.2 cm³/mol. The molecule has 1 aromatic heterocycles. The molecular weight excluding hydrogens is 235 g/mol. The van der Waals surface area contributed by atoms with Crippen molar-refractivity contribution in [3.63, 3.8) is 0 Å².